The number of nitrogens with one attached hydrogen (secondary N) is 2. The van der Waals surface area contributed by atoms with E-state index < -0.39 is 0 Å². The number of aromatic nitrogens is 2. The molecule has 2 N–H and O–H groups in total. The van der Waals surface area contributed by atoms with Crippen molar-refractivity contribution in [2.24, 2.45) is 0 Å². The fraction of sp³-hybridized carbons (Fsp3) is 0.438. The van der Waals surface area contributed by atoms with Crippen molar-refractivity contribution >= 4 is 29.9 Å². The number of carbonyl (C=O) groups is 1. The van der Waals surface area contributed by atoms with E-state index in [4.69, 9.17) is 16.1 Å². The third-order valence-electron chi connectivity index (χ3n) is 3.84. The van der Waals surface area contributed by atoms with Crippen LogP contribution in [0.15, 0.2) is 28.8 Å². The minimum atomic E-state index is 0. The highest BCUT2D eigenvalue weighted by Gasteiger charge is 2.16. The van der Waals surface area contributed by atoms with Crippen LogP contribution in [0.25, 0.3) is 11.4 Å². The van der Waals surface area contributed by atoms with Crippen LogP contribution in [0.3, 0.4) is 0 Å². The lowest BCUT2D eigenvalue weighted by molar-refractivity contribution is -0.122. The number of piperidine rings is 1. The second kappa shape index (κ2) is 9.01. The van der Waals surface area contributed by atoms with E-state index in [1.807, 2.05) is 12.1 Å². The Hall–Kier alpha value is -1.63. The quantitative estimate of drug-likeness (QED) is 0.845. The Bertz CT molecular complexity index is 654. The van der Waals surface area contributed by atoms with E-state index in [0.717, 1.165) is 31.5 Å². The molecule has 0 aliphatic carbocycles. The molecule has 6 nitrogen and oxygen atoms in total. The lowest BCUT2D eigenvalue weighted by atomic mass is 10.1. The van der Waals surface area contributed by atoms with Crippen molar-refractivity contribution in [3.05, 3.63) is 35.2 Å². The Morgan fingerprint density at radius 3 is 2.71 bits per heavy atom. The van der Waals surface area contributed by atoms with E-state index in [1.165, 1.54) is 0 Å². The molecule has 0 bridgehead atoms. The lowest BCUT2D eigenvalue weighted by Gasteiger charge is -2.23. The maximum absolute atomic E-state index is 12.0. The van der Waals surface area contributed by atoms with E-state index in [1.54, 1.807) is 12.1 Å². The van der Waals surface area contributed by atoms with Gasteiger partial charge in [0.2, 0.25) is 17.6 Å². The maximum Gasteiger partial charge on any atom is 0.227 e. The first-order chi connectivity index (χ1) is 11.2. The molecule has 1 saturated heterocycles. The van der Waals surface area contributed by atoms with Crippen molar-refractivity contribution in [1.82, 2.24) is 20.8 Å². The van der Waals surface area contributed by atoms with Gasteiger partial charge in [0.05, 0.1) is 0 Å². The van der Waals surface area contributed by atoms with Gasteiger partial charge in [-0.1, -0.05) is 16.8 Å². The van der Waals surface area contributed by atoms with Crippen molar-refractivity contribution in [2.45, 2.75) is 31.7 Å². The Balaban J connectivity index is 0.00000208. The van der Waals surface area contributed by atoms with Crippen LogP contribution in [0.4, 0.5) is 0 Å². The van der Waals surface area contributed by atoms with Crippen LogP contribution < -0.4 is 10.6 Å². The van der Waals surface area contributed by atoms with Crippen molar-refractivity contribution in [3.8, 4) is 11.4 Å². The number of nitrogens with zero attached hydrogens (tertiary/aromatic N) is 2. The fourth-order valence-electron chi connectivity index (χ4n) is 2.56. The predicted octanol–water partition coefficient (Wildman–Crippen LogP) is 2.61. The molecule has 130 valence electrons. The normalized spacial score (nSPS) is 14.9. The molecule has 1 fully saturated rings. The van der Waals surface area contributed by atoms with Crippen molar-refractivity contribution in [1.29, 1.82) is 0 Å². The molecule has 1 aliphatic heterocycles. The van der Waals surface area contributed by atoms with Crippen LogP contribution in [0.5, 0.6) is 0 Å². The van der Waals surface area contributed by atoms with Gasteiger partial charge in [-0.05, 0) is 50.2 Å². The summed E-state index contributed by atoms with van der Waals surface area (Å²) in [6, 6.07) is 7.50. The standard InChI is InChI=1S/C16H19ClN4O2.ClH/c17-12-3-1-11(2-4-12)16-20-15(23-21-16)6-5-14(22)19-13-7-9-18-10-8-13;/h1-4,13,18H,5-10H2,(H,19,22);1H. The van der Waals surface area contributed by atoms with E-state index in [-0.39, 0.29) is 24.4 Å². The summed E-state index contributed by atoms with van der Waals surface area (Å²) >= 11 is 5.86. The molecule has 0 unspecified atom stereocenters. The molecule has 1 amide bonds. The third kappa shape index (κ3) is 5.19. The highest BCUT2D eigenvalue weighted by molar-refractivity contribution is 6.30. The SMILES string of the molecule is Cl.O=C(CCc1nc(-c2ccc(Cl)cc2)no1)NC1CCNCC1. The summed E-state index contributed by atoms with van der Waals surface area (Å²) in [6.45, 7) is 1.91. The number of hydrogen-bond acceptors (Lipinski definition) is 5. The van der Waals surface area contributed by atoms with Gasteiger partial charge in [0.1, 0.15) is 0 Å². The summed E-state index contributed by atoms with van der Waals surface area (Å²) in [6.07, 6.45) is 2.75. The number of halogens is 2. The number of amides is 1. The largest absolute Gasteiger partial charge is 0.353 e. The zero-order chi connectivity index (χ0) is 16.1. The monoisotopic (exact) mass is 370 g/mol. The van der Waals surface area contributed by atoms with Crippen molar-refractivity contribution in [3.63, 3.8) is 0 Å². The summed E-state index contributed by atoms with van der Waals surface area (Å²) in [5, 5.41) is 10.9. The summed E-state index contributed by atoms with van der Waals surface area (Å²) in [7, 11) is 0. The number of aryl methyl sites for hydroxylation is 1. The summed E-state index contributed by atoms with van der Waals surface area (Å²) < 4.78 is 5.21. The maximum atomic E-state index is 12.0. The third-order valence-corrected chi connectivity index (χ3v) is 4.09. The van der Waals surface area contributed by atoms with E-state index in [9.17, 15) is 4.79 Å². The minimum Gasteiger partial charge on any atom is -0.353 e. The number of benzene rings is 1. The van der Waals surface area contributed by atoms with E-state index in [0.29, 0.717) is 29.6 Å². The molecule has 2 heterocycles. The zero-order valence-electron chi connectivity index (χ0n) is 13.1. The molecule has 0 radical (unpaired) electrons. The van der Waals surface area contributed by atoms with Gasteiger partial charge in [-0.2, -0.15) is 4.98 Å². The lowest BCUT2D eigenvalue weighted by Crippen LogP contribution is -2.42. The molecular formula is C16H20Cl2N4O2. The Labute approximate surface area is 151 Å². The summed E-state index contributed by atoms with van der Waals surface area (Å²) in [5.74, 6) is 1.01. The topological polar surface area (TPSA) is 80.0 Å². The van der Waals surface area contributed by atoms with Gasteiger partial charge >= 0.3 is 0 Å². The molecule has 1 aliphatic rings. The zero-order valence-corrected chi connectivity index (χ0v) is 14.7. The number of hydrogen-bond donors (Lipinski definition) is 2. The van der Waals surface area contributed by atoms with Gasteiger partial charge in [0.25, 0.3) is 0 Å². The summed E-state index contributed by atoms with van der Waals surface area (Å²) in [4.78, 5) is 16.3. The summed E-state index contributed by atoms with van der Waals surface area (Å²) in [5.41, 5.74) is 0.837. The highest BCUT2D eigenvalue weighted by atomic mass is 35.5. The number of carbonyl (C=O) groups excluding carboxylic acids is 1. The first-order valence-corrected chi connectivity index (χ1v) is 8.17. The molecule has 1 aromatic heterocycles. The molecular weight excluding hydrogens is 351 g/mol. The first-order valence-electron chi connectivity index (χ1n) is 7.79. The average Bonchev–Trinajstić information content (AvgIpc) is 3.04. The van der Waals surface area contributed by atoms with Crippen LogP contribution in [0.2, 0.25) is 5.02 Å². The first kappa shape index (κ1) is 18.7. The fourth-order valence-corrected chi connectivity index (χ4v) is 2.69. The molecule has 0 atom stereocenters. The molecule has 0 spiro atoms. The Morgan fingerprint density at radius 1 is 1.29 bits per heavy atom. The molecule has 2 aromatic rings. The van der Waals surface area contributed by atoms with Crippen LogP contribution in [-0.4, -0.2) is 35.2 Å². The molecule has 8 heteroatoms. The number of rotatable bonds is 5. The van der Waals surface area contributed by atoms with Gasteiger partial charge in [0.15, 0.2) is 0 Å². The van der Waals surface area contributed by atoms with Crippen LogP contribution in [-0.2, 0) is 11.2 Å². The average molecular weight is 371 g/mol. The smallest absolute Gasteiger partial charge is 0.227 e. The molecule has 24 heavy (non-hydrogen) atoms. The second-order valence-electron chi connectivity index (χ2n) is 5.61. The van der Waals surface area contributed by atoms with Gasteiger partial charge in [-0.25, -0.2) is 0 Å². The van der Waals surface area contributed by atoms with E-state index >= 15 is 0 Å². The van der Waals surface area contributed by atoms with Gasteiger partial charge in [0, 0.05) is 29.5 Å². The Kier molecular flexibility index (Phi) is 7.02. The highest BCUT2D eigenvalue weighted by Crippen LogP contribution is 2.19. The van der Waals surface area contributed by atoms with Crippen LogP contribution in [0, 0.1) is 0 Å². The van der Waals surface area contributed by atoms with Gasteiger partial charge < -0.3 is 15.2 Å². The Morgan fingerprint density at radius 2 is 2.00 bits per heavy atom. The van der Waals surface area contributed by atoms with E-state index in [2.05, 4.69) is 20.8 Å². The van der Waals surface area contributed by atoms with Crippen LogP contribution >= 0.6 is 24.0 Å². The van der Waals surface area contributed by atoms with Gasteiger partial charge in [-0.15, -0.1) is 12.4 Å². The second-order valence-corrected chi connectivity index (χ2v) is 6.05. The van der Waals surface area contributed by atoms with Crippen LogP contribution in [0.1, 0.15) is 25.2 Å². The van der Waals surface area contributed by atoms with Gasteiger partial charge in [-0.3, -0.25) is 4.79 Å². The predicted molar refractivity (Wildman–Crippen MR) is 94.3 cm³/mol. The molecule has 0 saturated carbocycles. The van der Waals surface area contributed by atoms with Crippen molar-refractivity contribution < 1.29 is 9.32 Å². The molecule has 3 rings (SSSR count). The minimum absolute atomic E-state index is 0. The molecule has 1 aromatic carbocycles. The van der Waals surface area contributed by atoms with Crippen molar-refractivity contribution in [2.75, 3.05) is 13.1 Å².